The first-order valence-corrected chi connectivity index (χ1v) is 10.1. The van der Waals surface area contributed by atoms with Crippen LogP contribution in [0.3, 0.4) is 0 Å². The lowest BCUT2D eigenvalue weighted by molar-refractivity contribution is -0.120. The fourth-order valence-corrected chi connectivity index (χ4v) is 3.83. The molecule has 6 heteroatoms. The van der Waals surface area contributed by atoms with Crippen molar-refractivity contribution in [2.75, 3.05) is 0 Å². The molecule has 1 heterocycles. The minimum atomic E-state index is -0.126. The van der Waals surface area contributed by atoms with Crippen molar-refractivity contribution in [3.8, 4) is 5.69 Å². The first kappa shape index (κ1) is 19.5. The molecule has 3 rings (SSSR count). The number of nitrogens with zero attached hydrogens (tertiary/aromatic N) is 2. The normalized spacial score (nSPS) is 12.0. The third kappa shape index (κ3) is 5.15. The lowest BCUT2D eigenvalue weighted by Gasteiger charge is -2.15. The van der Waals surface area contributed by atoms with Gasteiger partial charge in [-0.25, -0.2) is 4.98 Å². The second-order valence-corrected chi connectivity index (χ2v) is 7.91. The molecule has 0 aliphatic heterocycles. The van der Waals surface area contributed by atoms with Gasteiger partial charge in [0.1, 0.15) is 5.82 Å². The molecule has 0 saturated heterocycles. The average molecular weight is 400 g/mol. The summed E-state index contributed by atoms with van der Waals surface area (Å²) in [5.74, 6) is 0.994. The van der Waals surface area contributed by atoms with Crippen LogP contribution in [0.1, 0.15) is 24.7 Å². The van der Waals surface area contributed by atoms with Crippen LogP contribution < -0.4 is 5.32 Å². The number of aromatic nitrogens is 2. The van der Waals surface area contributed by atoms with Crippen molar-refractivity contribution in [2.45, 2.75) is 37.0 Å². The van der Waals surface area contributed by atoms with E-state index in [4.69, 9.17) is 11.6 Å². The van der Waals surface area contributed by atoms with Crippen molar-refractivity contribution in [2.24, 2.45) is 0 Å². The van der Waals surface area contributed by atoms with E-state index in [1.54, 1.807) is 18.0 Å². The number of rotatable bonds is 7. The lowest BCUT2D eigenvalue weighted by Crippen LogP contribution is -2.31. The number of thioether (sulfide) groups is 1. The summed E-state index contributed by atoms with van der Waals surface area (Å²) in [7, 11) is 0. The maximum Gasteiger partial charge on any atom is 0.233 e. The number of carbonyl (C=O) groups is 1. The van der Waals surface area contributed by atoms with Crippen LogP contribution in [-0.2, 0) is 11.3 Å². The Morgan fingerprint density at radius 1 is 1.19 bits per heavy atom. The molecular formula is C21H22ClN3OS. The molecule has 140 valence electrons. The number of aryl methyl sites for hydroxylation is 1. The van der Waals surface area contributed by atoms with E-state index in [0.29, 0.717) is 11.6 Å². The molecule has 0 saturated carbocycles. The summed E-state index contributed by atoms with van der Waals surface area (Å²) in [5.41, 5.74) is 2.13. The van der Waals surface area contributed by atoms with E-state index >= 15 is 0 Å². The molecule has 1 aromatic heterocycles. The Morgan fingerprint density at radius 3 is 2.48 bits per heavy atom. The number of hydrogen-bond acceptors (Lipinski definition) is 3. The number of benzene rings is 2. The number of amides is 1. The molecule has 4 nitrogen and oxygen atoms in total. The number of carbonyl (C=O) groups excluding carboxylic acids is 1. The van der Waals surface area contributed by atoms with Gasteiger partial charge < -0.3 is 9.88 Å². The van der Waals surface area contributed by atoms with E-state index in [1.165, 1.54) is 0 Å². The lowest BCUT2D eigenvalue weighted by atomic mass is 10.2. The molecule has 0 aliphatic carbocycles. The fourth-order valence-electron chi connectivity index (χ4n) is 2.73. The van der Waals surface area contributed by atoms with Crippen LogP contribution in [0.4, 0.5) is 0 Å². The van der Waals surface area contributed by atoms with Gasteiger partial charge in [-0.3, -0.25) is 4.79 Å². The Kier molecular flexibility index (Phi) is 6.58. The second kappa shape index (κ2) is 9.11. The molecule has 0 unspecified atom stereocenters. The Morgan fingerprint density at radius 2 is 1.89 bits per heavy atom. The smallest absolute Gasteiger partial charge is 0.233 e. The summed E-state index contributed by atoms with van der Waals surface area (Å²) in [6, 6.07) is 15.7. The Labute approximate surface area is 169 Å². The van der Waals surface area contributed by atoms with Crippen LogP contribution in [0.25, 0.3) is 5.69 Å². The van der Waals surface area contributed by atoms with Crippen LogP contribution in [0.5, 0.6) is 0 Å². The average Bonchev–Trinajstić information content (AvgIpc) is 3.12. The van der Waals surface area contributed by atoms with Gasteiger partial charge in [-0.1, -0.05) is 30.7 Å². The monoisotopic (exact) mass is 399 g/mol. The summed E-state index contributed by atoms with van der Waals surface area (Å²) in [6.45, 7) is 4.51. The molecule has 3 aromatic rings. The highest BCUT2D eigenvalue weighted by atomic mass is 35.5. The molecule has 0 fully saturated rings. The molecule has 1 atom stereocenters. The maximum absolute atomic E-state index is 12.5. The first-order valence-electron chi connectivity index (χ1n) is 8.86. The van der Waals surface area contributed by atoms with Gasteiger partial charge in [0.05, 0.1) is 5.25 Å². The van der Waals surface area contributed by atoms with Crippen molar-refractivity contribution in [3.63, 3.8) is 0 Å². The SMILES string of the molecule is CC[C@H](Sc1ccc(Cl)cc1)C(=O)NCc1ccc(-n2ccnc2C)cc1. The van der Waals surface area contributed by atoms with E-state index in [2.05, 4.69) is 10.3 Å². The number of imidazole rings is 1. The van der Waals surface area contributed by atoms with Crippen LogP contribution >= 0.6 is 23.4 Å². The van der Waals surface area contributed by atoms with Crippen molar-refractivity contribution >= 4 is 29.3 Å². The van der Waals surface area contributed by atoms with E-state index in [-0.39, 0.29) is 11.2 Å². The fraction of sp³-hybridized carbons (Fsp3) is 0.238. The highest BCUT2D eigenvalue weighted by Gasteiger charge is 2.17. The Bertz CT molecular complexity index is 891. The van der Waals surface area contributed by atoms with Gasteiger partial charge in [-0.2, -0.15) is 0 Å². The standard InChI is InChI=1S/C21H22ClN3OS/c1-3-20(27-19-10-6-17(22)7-11-19)21(26)24-14-16-4-8-18(9-5-16)25-13-12-23-15(25)2/h4-13,20H,3,14H2,1-2H3,(H,24,26)/t20-/m0/s1. The highest BCUT2D eigenvalue weighted by molar-refractivity contribution is 8.00. The van der Waals surface area contributed by atoms with Gasteiger partial charge >= 0.3 is 0 Å². The van der Waals surface area contributed by atoms with Crippen LogP contribution in [-0.4, -0.2) is 20.7 Å². The van der Waals surface area contributed by atoms with Crippen LogP contribution in [0, 0.1) is 6.92 Å². The Balaban J connectivity index is 1.57. The molecule has 1 amide bonds. The van der Waals surface area contributed by atoms with E-state index in [1.807, 2.05) is 73.1 Å². The van der Waals surface area contributed by atoms with E-state index < -0.39 is 0 Å². The third-order valence-corrected chi connectivity index (χ3v) is 5.89. The number of hydrogen-bond donors (Lipinski definition) is 1. The highest BCUT2D eigenvalue weighted by Crippen LogP contribution is 2.26. The molecule has 0 spiro atoms. The topological polar surface area (TPSA) is 46.9 Å². The first-order chi connectivity index (χ1) is 13.1. The molecule has 27 heavy (non-hydrogen) atoms. The van der Waals surface area contributed by atoms with Gasteiger partial charge in [0.15, 0.2) is 0 Å². The zero-order chi connectivity index (χ0) is 19.2. The molecule has 0 aliphatic rings. The summed E-state index contributed by atoms with van der Waals surface area (Å²) < 4.78 is 2.03. The molecule has 1 N–H and O–H groups in total. The molecule has 2 aromatic carbocycles. The molecular weight excluding hydrogens is 378 g/mol. The van der Waals surface area contributed by atoms with E-state index in [0.717, 1.165) is 28.4 Å². The molecule has 0 radical (unpaired) electrons. The third-order valence-electron chi connectivity index (χ3n) is 4.26. The zero-order valence-electron chi connectivity index (χ0n) is 15.4. The summed E-state index contributed by atoms with van der Waals surface area (Å²) in [6.07, 6.45) is 4.48. The Hall–Kier alpha value is -2.24. The summed E-state index contributed by atoms with van der Waals surface area (Å²) >= 11 is 7.48. The van der Waals surface area contributed by atoms with Gasteiger partial charge in [0.2, 0.25) is 5.91 Å². The summed E-state index contributed by atoms with van der Waals surface area (Å²) in [5, 5.41) is 3.62. The van der Waals surface area contributed by atoms with Gasteiger partial charge in [-0.15, -0.1) is 11.8 Å². The minimum absolute atomic E-state index is 0.0481. The van der Waals surface area contributed by atoms with E-state index in [9.17, 15) is 4.79 Å². The number of nitrogens with one attached hydrogen (secondary N) is 1. The number of halogens is 1. The largest absolute Gasteiger partial charge is 0.351 e. The minimum Gasteiger partial charge on any atom is -0.351 e. The predicted molar refractivity (Wildman–Crippen MR) is 112 cm³/mol. The van der Waals surface area contributed by atoms with Gasteiger partial charge in [0.25, 0.3) is 0 Å². The van der Waals surface area contributed by atoms with Crippen molar-refractivity contribution in [1.29, 1.82) is 0 Å². The van der Waals surface area contributed by atoms with Crippen molar-refractivity contribution in [1.82, 2.24) is 14.9 Å². The van der Waals surface area contributed by atoms with Gasteiger partial charge in [0, 0.05) is 34.5 Å². The summed E-state index contributed by atoms with van der Waals surface area (Å²) in [4.78, 5) is 17.8. The molecule has 0 bridgehead atoms. The maximum atomic E-state index is 12.5. The second-order valence-electron chi connectivity index (χ2n) is 6.20. The van der Waals surface area contributed by atoms with Crippen molar-refractivity contribution < 1.29 is 4.79 Å². The van der Waals surface area contributed by atoms with Crippen LogP contribution in [0.2, 0.25) is 5.02 Å². The van der Waals surface area contributed by atoms with Gasteiger partial charge in [-0.05, 0) is 55.3 Å². The van der Waals surface area contributed by atoms with Crippen LogP contribution in [0.15, 0.2) is 65.8 Å². The predicted octanol–water partition coefficient (Wildman–Crippen LogP) is 5.02. The quantitative estimate of drug-likeness (QED) is 0.567. The van der Waals surface area contributed by atoms with Crippen molar-refractivity contribution in [3.05, 3.63) is 77.3 Å². The zero-order valence-corrected chi connectivity index (χ0v) is 16.9.